The second-order valence-corrected chi connectivity index (χ2v) is 6.89. The molecule has 22 heavy (non-hydrogen) atoms. The fourth-order valence-corrected chi connectivity index (χ4v) is 3.62. The Hall–Kier alpha value is -1.76. The van der Waals surface area contributed by atoms with Crippen LogP contribution in [0.1, 0.15) is 43.1 Å². The fraction of sp³-hybridized carbons (Fsp3) is 0.600. The molecule has 1 aliphatic carbocycles. The van der Waals surface area contributed by atoms with Crippen molar-refractivity contribution < 1.29 is 0 Å². The predicted octanol–water partition coefficient (Wildman–Crippen LogP) is 2.59. The lowest BCUT2D eigenvalue weighted by atomic mass is 10.1. The molecule has 1 N–H and O–H groups in total. The van der Waals surface area contributed by atoms with Crippen LogP contribution in [0.5, 0.6) is 0 Å². The first-order valence-electron chi connectivity index (χ1n) is 7.91. The summed E-state index contributed by atoms with van der Waals surface area (Å²) in [6, 6.07) is 2.47. The van der Waals surface area contributed by atoms with Gasteiger partial charge in [-0.2, -0.15) is 4.37 Å². The minimum absolute atomic E-state index is 0.473. The van der Waals surface area contributed by atoms with E-state index in [0.29, 0.717) is 12.0 Å². The van der Waals surface area contributed by atoms with Gasteiger partial charge < -0.3 is 10.2 Å². The van der Waals surface area contributed by atoms with E-state index in [0.717, 1.165) is 48.4 Å². The summed E-state index contributed by atoms with van der Waals surface area (Å²) in [5, 5.41) is 4.61. The molecule has 1 aliphatic heterocycles. The molecule has 1 saturated heterocycles. The first kappa shape index (κ1) is 13.9. The summed E-state index contributed by atoms with van der Waals surface area (Å²) >= 11 is 1.56. The lowest BCUT2D eigenvalue weighted by Crippen LogP contribution is -2.39. The molecule has 7 heteroatoms. The third-order valence-electron chi connectivity index (χ3n) is 4.29. The summed E-state index contributed by atoms with van der Waals surface area (Å²) < 4.78 is 4.51. The number of hydrogen-bond acceptors (Lipinski definition) is 7. The summed E-state index contributed by atoms with van der Waals surface area (Å²) in [5.41, 5.74) is 0.997. The van der Waals surface area contributed by atoms with Gasteiger partial charge in [0.25, 0.3) is 0 Å². The molecule has 116 valence electrons. The highest BCUT2D eigenvalue weighted by Gasteiger charge is 2.29. The molecule has 0 atom stereocenters. The molecule has 0 aromatic carbocycles. The van der Waals surface area contributed by atoms with Crippen LogP contribution in [0.3, 0.4) is 0 Å². The van der Waals surface area contributed by atoms with Crippen molar-refractivity contribution in [3.8, 4) is 0 Å². The molecule has 0 amide bonds. The van der Waals surface area contributed by atoms with Crippen LogP contribution in [-0.4, -0.2) is 38.5 Å². The largest absolute Gasteiger partial charge is 0.367 e. The number of nitrogens with zero attached hydrogens (tertiary/aromatic N) is 5. The maximum atomic E-state index is 4.71. The number of aromatic nitrogens is 4. The van der Waals surface area contributed by atoms with Crippen LogP contribution < -0.4 is 10.2 Å². The van der Waals surface area contributed by atoms with E-state index >= 15 is 0 Å². The Morgan fingerprint density at radius 3 is 2.73 bits per heavy atom. The Morgan fingerprint density at radius 1 is 1.18 bits per heavy atom. The van der Waals surface area contributed by atoms with Crippen molar-refractivity contribution in [1.82, 2.24) is 19.3 Å². The van der Waals surface area contributed by atoms with Crippen molar-refractivity contribution in [3.05, 3.63) is 23.9 Å². The van der Waals surface area contributed by atoms with Gasteiger partial charge in [0.2, 0.25) is 5.13 Å². The van der Waals surface area contributed by atoms with Gasteiger partial charge in [-0.05, 0) is 32.6 Å². The molecule has 2 aromatic rings. The highest BCUT2D eigenvalue weighted by Crippen LogP contribution is 2.40. The van der Waals surface area contributed by atoms with Crippen molar-refractivity contribution in [2.75, 3.05) is 23.3 Å². The van der Waals surface area contributed by atoms with E-state index in [-0.39, 0.29) is 0 Å². The molecule has 4 rings (SSSR count). The van der Waals surface area contributed by atoms with E-state index in [1.54, 1.807) is 17.9 Å². The Bertz CT molecular complexity index is 645. The van der Waals surface area contributed by atoms with Gasteiger partial charge in [-0.3, -0.25) is 0 Å². The summed E-state index contributed by atoms with van der Waals surface area (Å²) in [6.45, 7) is 4.05. The molecule has 1 saturated carbocycles. The number of anilines is 2. The van der Waals surface area contributed by atoms with Crippen LogP contribution in [0, 0.1) is 6.92 Å². The summed E-state index contributed by atoms with van der Waals surface area (Å²) in [4.78, 5) is 15.5. The van der Waals surface area contributed by atoms with Crippen LogP contribution in [-0.2, 0) is 0 Å². The maximum Gasteiger partial charge on any atom is 0.205 e. The van der Waals surface area contributed by atoms with Crippen LogP contribution in [0.4, 0.5) is 10.9 Å². The molecule has 3 heterocycles. The third kappa shape index (κ3) is 3.04. The number of rotatable bonds is 4. The number of nitrogens with one attached hydrogen (secondary N) is 1. The SMILES string of the molecule is Cc1cc(NC2CCN(c3nc(C4CC4)ns3)CC2)ncn1. The van der Waals surface area contributed by atoms with E-state index in [2.05, 4.69) is 24.6 Å². The first-order valence-corrected chi connectivity index (χ1v) is 8.69. The standard InChI is InChI=1S/C15H20N6S/c1-10-8-13(17-9-16-10)18-12-4-6-21(7-5-12)15-19-14(20-22-15)11-2-3-11/h8-9,11-12H,2-7H2,1H3,(H,16,17,18). The quantitative estimate of drug-likeness (QED) is 0.935. The Kier molecular flexibility index (Phi) is 3.65. The smallest absolute Gasteiger partial charge is 0.205 e. The Labute approximate surface area is 134 Å². The number of hydrogen-bond donors (Lipinski definition) is 1. The van der Waals surface area contributed by atoms with Crippen LogP contribution in [0.15, 0.2) is 12.4 Å². The van der Waals surface area contributed by atoms with Gasteiger partial charge in [-0.1, -0.05) is 0 Å². The molecule has 2 fully saturated rings. The highest BCUT2D eigenvalue weighted by molar-refractivity contribution is 7.09. The summed E-state index contributed by atoms with van der Waals surface area (Å²) in [5.74, 6) is 2.64. The molecule has 0 unspecified atom stereocenters. The zero-order chi connectivity index (χ0) is 14.9. The minimum atomic E-state index is 0.473. The summed E-state index contributed by atoms with van der Waals surface area (Å²) in [7, 11) is 0. The van der Waals surface area contributed by atoms with Crippen molar-refractivity contribution >= 4 is 22.5 Å². The monoisotopic (exact) mass is 316 g/mol. The zero-order valence-corrected chi connectivity index (χ0v) is 13.5. The van der Waals surface area contributed by atoms with Crippen molar-refractivity contribution in [3.63, 3.8) is 0 Å². The van der Waals surface area contributed by atoms with Crippen LogP contribution >= 0.6 is 11.5 Å². The van der Waals surface area contributed by atoms with Crippen LogP contribution in [0.2, 0.25) is 0 Å². The molecule has 0 bridgehead atoms. The topological polar surface area (TPSA) is 66.8 Å². The summed E-state index contributed by atoms with van der Waals surface area (Å²) in [6.07, 6.45) is 6.34. The molecule has 6 nitrogen and oxygen atoms in total. The average molecular weight is 316 g/mol. The van der Waals surface area contributed by atoms with E-state index < -0.39 is 0 Å². The Morgan fingerprint density at radius 2 is 2.00 bits per heavy atom. The van der Waals surface area contributed by atoms with E-state index in [4.69, 9.17) is 4.98 Å². The molecule has 0 spiro atoms. The van der Waals surface area contributed by atoms with Crippen molar-refractivity contribution in [2.45, 2.75) is 44.6 Å². The van der Waals surface area contributed by atoms with Gasteiger partial charge in [0.1, 0.15) is 18.0 Å². The number of piperidine rings is 1. The van der Waals surface area contributed by atoms with Gasteiger partial charge >= 0.3 is 0 Å². The molecule has 0 radical (unpaired) electrons. The Balaban J connectivity index is 1.33. The second kappa shape index (κ2) is 5.79. The first-order chi connectivity index (χ1) is 10.8. The van der Waals surface area contributed by atoms with Gasteiger partial charge in [-0.25, -0.2) is 15.0 Å². The molecular weight excluding hydrogens is 296 g/mol. The molecule has 2 aliphatic rings. The second-order valence-electron chi connectivity index (χ2n) is 6.16. The van der Waals surface area contributed by atoms with Gasteiger partial charge in [0.05, 0.1) is 0 Å². The fourth-order valence-electron chi connectivity index (χ4n) is 2.82. The third-order valence-corrected chi connectivity index (χ3v) is 5.09. The van der Waals surface area contributed by atoms with Gasteiger partial charge in [0.15, 0.2) is 0 Å². The molecule has 2 aromatic heterocycles. The van der Waals surface area contributed by atoms with Crippen molar-refractivity contribution in [1.29, 1.82) is 0 Å². The van der Waals surface area contributed by atoms with E-state index in [1.165, 1.54) is 12.8 Å². The maximum absolute atomic E-state index is 4.71. The van der Waals surface area contributed by atoms with Gasteiger partial charge in [0, 0.05) is 48.3 Å². The van der Waals surface area contributed by atoms with Gasteiger partial charge in [-0.15, -0.1) is 0 Å². The lowest BCUT2D eigenvalue weighted by molar-refractivity contribution is 0.524. The van der Waals surface area contributed by atoms with Crippen LogP contribution in [0.25, 0.3) is 0 Å². The average Bonchev–Trinajstić information content (AvgIpc) is 3.26. The van der Waals surface area contributed by atoms with E-state index in [1.807, 2.05) is 13.0 Å². The van der Waals surface area contributed by atoms with Crippen molar-refractivity contribution in [2.24, 2.45) is 0 Å². The molecular formula is C15H20N6S. The zero-order valence-electron chi connectivity index (χ0n) is 12.7. The minimum Gasteiger partial charge on any atom is -0.367 e. The normalized spacial score (nSPS) is 19.4. The predicted molar refractivity (Wildman–Crippen MR) is 87.5 cm³/mol. The van der Waals surface area contributed by atoms with E-state index in [9.17, 15) is 0 Å². The number of aryl methyl sites for hydroxylation is 1. The highest BCUT2D eigenvalue weighted by atomic mass is 32.1. The lowest BCUT2D eigenvalue weighted by Gasteiger charge is -2.32.